The number of ether oxygens (including phenoxy) is 1. The fraction of sp³-hybridized carbons (Fsp3) is 0.312. The van der Waals surface area contributed by atoms with Crippen molar-refractivity contribution < 1.29 is 22.8 Å². The highest BCUT2D eigenvalue weighted by Gasteiger charge is 2.19. The molecule has 6 nitrogen and oxygen atoms in total. The molecule has 2 rings (SSSR count). The van der Waals surface area contributed by atoms with Crippen molar-refractivity contribution in [1.82, 2.24) is 0 Å². The van der Waals surface area contributed by atoms with Crippen molar-refractivity contribution in [2.24, 2.45) is 0 Å². The Morgan fingerprint density at radius 2 is 1.87 bits per heavy atom. The van der Waals surface area contributed by atoms with Gasteiger partial charge in [0.25, 0.3) is 0 Å². The molecule has 1 aromatic heterocycles. The van der Waals surface area contributed by atoms with E-state index in [1.165, 1.54) is 19.0 Å². The zero-order chi connectivity index (χ0) is 16.9. The lowest BCUT2D eigenvalue weighted by Crippen LogP contribution is -2.02. The van der Waals surface area contributed by atoms with Crippen LogP contribution in [0.15, 0.2) is 39.3 Å². The van der Waals surface area contributed by atoms with Crippen LogP contribution in [0, 0.1) is 0 Å². The highest BCUT2D eigenvalue weighted by atomic mass is 31.2. The first-order chi connectivity index (χ1) is 11.0. The number of methoxy groups -OCH3 is 1. The zero-order valence-electron chi connectivity index (χ0n) is 13.3. The van der Waals surface area contributed by atoms with Gasteiger partial charge in [-0.2, -0.15) is 0 Å². The van der Waals surface area contributed by atoms with Gasteiger partial charge in [0.05, 0.1) is 25.9 Å². The van der Waals surface area contributed by atoms with Crippen molar-refractivity contribution in [3.8, 4) is 5.75 Å². The third kappa shape index (κ3) is 4.32. The van der Waals surface area contributed by atoms with Crippen LogP contribution in [-0.2, 0) is 13.6 Å². The van der Waals surface area contributed by atoms with E-state index in [1.807, 2.05) is 0 Å². The standard InChI is InChI=1S/C16H19O6P/c1-4-20-23(18,21-5-2)9-8-13-10-12-6-7-14(19-3)11-15(12)22-16(13)17/h6-11H,4-5H2,1-3H3/b9-8+. The Bertz CT molecular complexity index is 798. The summed E-state index contributed by atoms with van der Waals surface area (Å²) in [6, 6.07) is 6.83. The van der Waals surface area contributed by atoms with Crippen LogP contribution in [0.2, 0.25) is 0 Å². The normalized spacial score (nSPS) is 12.1. The van der Waals surface area contributed by atoms with Gasteiger partial charge in [0.1, 0.15) is 11.3 Å². The molecule has 0 spiro atoms. The van der Waals surface area contributed by atoms with Gasteiger partial charge in [0, 0.05) is 17.3 Å². The minimum Gasteiger partial charge on any atom is -0.497 e. The molecule has 0 radical (unpaired) electrons. The molecule has 0 saturated heterocycles. The van der Waals surface area contributed by atoms with Gasteiger partial charge >= 0.3 is 13.2 Å². The minimum atomic E-state index is -3.36. The summed E-state index contributed by atoms with van der Waals surface area (Å²) in [6.45, 7) is 3.93. The van der Waals surface area contributed by atoms with E-state index in [9.17, 15) is 9.36 Å². The SMILES string of the molecule is CCOP(=O)(/C=C/c1cc2ccc(OC)cc2oc1=O)OCC. The van der Waals surface area contributed by atoms with Gasteiger partial charge in [0.15, 0.2) is 0 Å². The lowest BCUT2D eigenvalue weighted by atomic mass is 10.2. The minimum absolute atomic E-state index is 0.244. The smallest absolute Gasteiger partial charge is 0.354 e. The summed E-state index contributed by atoms with van der Waals surface area (Å²) in [4.78, 5) is 12.0. The number of rotatable bonds is 7. The van der Waals surface area contributed by atoms with Crippen LogP contribution >= 0.6 is 7.60 Å². The molecular formula is C16H19O6P. The molecule has 0 aliphatic carbocycles. The summed E-state index contributed by atoms with van der Waals surface area (Å²) >= 11 is 0. The summed E-state index contributed by atoms with van der Waals surface area (Å²) in [5.41, 5.74) is 0.146. The van der Waals surface area contributed by atoms with Gasteiger partial charge in [0.2, 0.25) is 0 Å². The number of hydrogen-bond acceptors (Lipinski definition) is 6. The quantitative estimate of drug-likeness (QED) is 0.560. The molecule has 23 heavy (non-hydrogen) atoms. The molecule has 0 bridgehead atoms. The van der Waals surface area contributed by atoms with Crippen LogP contribution in [0.4, 0.5) is 0 Å². The number of hydrogen-bond donors (Lipinski definition) is 0. The molecular weight excluding hydrogens is 319 g/mol. The van der Waals surface area contributed by atoms with Gasteiger partial charge < -0.3 is 18.2 Å². The van der Waals surface area contributed by atoms with Crippen molar-refractivity contribution in [2.45, 2.75) is 13.8 Å². The Hall–Kier alpha value is -1.88. The summed E-state index contributed by atoms with van der Waals surface area (Å²) < 4.78 is 33.0. The first-order valence-electron chi connectivity index (χ1n) is 7.21. The van der Waals surface area contributed by atoms with Crippen molar-refractivity contribution in [3.63, 3.8) is 0 Å². The molecule has 1 heterocycles. The Morgan fingerprint density at radius 3 is 2.48 bits per heavy atom. The summed E-state index contributed by atoms with van der Waals surface area (Å²) in [5, 5.41) is 0.729. The molecule has 0 fully saturated rings. The van der Waals surface area contributed by atoms with Crippen molar-refractivity contribution in [3.05, 3.63) is 46.1 Å². The average Bonchev–Trinajstić information content (AvgIpc) is 2.53. The Balaban J connectivity index is 2.39. The predicted octanol–water partition coefficient (Wildman–Crippen LogP) is 4.04. The van der Waals surface area contributed by atoms with Gasteiger partial charge in [-0.05, 0) is 38.1 Å². The Labute approximate surface area is 134 Å². The average molecular weight is 338 g/mol. The lowest BCUT2D eigenvalue weighted by Gasteiger charge is -2.12. The van der Waals surface area contributed by atoms with Crippen LogP contribution in [-0.4, -0.2) is 20.3 Å². The van der Waals surface area contributed by atoms with Gasteiger partial charge in [-0.15, -0.1) is 0 Å². The molecule has 7 heteroatoms. The summed E-state index contributed by atoms with van der Waals surface area (Å²) in [5.74, 6) is 1.88. The van der Waals surface area contributed by atoms with Crippen molar-refractivity contribution in [2.75, 3.05) is 20.3 Å². The number of benzene rings is 1. The molecule has 0 aliphatic heterocycles. The second kappa shape index (κ2) is 7.59. The molecule has 0 N–H and O–H groups in total. The summed E-state index contributed by atoms with van der Waals surface area (Å²) in [7, 11) is -1.82. The first kappa shape index (κ1) is 17.5. The molecule has 0 atom stereocenters. The molecule has 2 aromatic rings. The second-order valence-electron chi connectivity index (χ2n) is 4.58. The van der Waals surface area contributed by atoms with Crippen molar-refractivity contribution in [1.29, 1.82) is 0 Å². The molecule has 0 amide bonds. The highest BCUT2D eigenvalue weighted by Crippen LogP contribution is 2.49. The van der Waals surface area contributed by atoms with E-state index in [-0.39, 0.29) is 18.8 Å². The van der Waals surface area contributed by atoms with Gasteiger partial charge in [-0.25, -0.2) is 4.79 Å². The molecule has 1 aromatic carbocycles. The van der Waals surface area contributed by atoms with E-state index in [4.69, 9.17) is 18.2 Å². The Morgan fingerprint density at radius 1 is 1.17 bits per heavy atom. The molecule has 0 saturated carbocycles. The van der Waals surface area contributed by atoms with E-state index in [0.29, 0.717) is 11.3 Å². The lowest BCUT2D eigenvalue weighted by molar-refractivity contribution is 0.229. The largest absolute Gasteiger partial charge is 0.497 e. The molecule has 124 valence electrons. The maximum Gasteiger partial charge on any atom is 0.354 e. The first-order valence-corrected chi connectivity index (χ1v) is 8.82. The highest BCUT2D eigenvalue weighted by molar-refractivity contribution is 7.57. The van der Waals surface area contributed by atoms with E-state index in [1.54, 1.807) is 38.1 Å². The topological polar surface area (TPSA) is 75.0 Å². The van der Waals surface area contributed by atoms with E-state index in [0.717, 1.165) is 5.39 Å². The monoisotopic (exact) mass is 338 g/mol. The number of fused-ring (bicyclic) bond motifs is 1. The predicted molar refractivity (Wildman–Crippen MR) is 88.9 cm³/mol. The van der Waals surface area contributed by atoms with Crippen LogP contribution < -0.4 is 10.4 Å². The van der Waals surface area contributed by atoms with Crippen LogP contribution in [0.1, 0.15) is 19.4 Å². The molecule has 0 unspecified atom stereocenters. The van der Waals surface area contributed by atoms with E-state index in [2.05, 4.69) is 0 Å². The van der Waals surface area contributed by atoms with Gasteiger partial charge in [-0.3, -0.25) is 4.57 Å². The van der Waals surface area contributed by atoms with E-state index >= 15 is 0 Å². The third-order valence-electron chi connectivity index (χ3n) is 3.02. The summed E-state index contributed by atoms with van der Waals surface area (Å²) in [6.07, 6.45) is 1.40. The fourth-order valence-electron chi connectivity index (χ4n) is 2.01. The fourth-order valence-corrected chi connectivity index (χ4v) is 3.32. The zero-order valence-corrected chi connectivity index (χ0v) is 14.2. The van der Waals surface area contributed by atoms with Crippen molar-refractivity contribution >= 4 is 24.6 Å². The van der Waals surface area contributed by atoms with Crippen LogP contribution in [0.3, 0.4) is 0 Å². The van der Waals surface area contributed by atoms with Crippen LogP contribution in [0.5, 0.6) is 5.75 Å². The molecule has 0 aliphatic rings. The third-order valence-corrected chi connectivity index (χ3v) is 4.78. The van der Waals surface area contributed by atoms with Gasteiger partial charge in [-0.1, -0.05) is 0 Å². The maximum absolute atomic E-state index is 12.4. The van der Waals surface area contributed by atoms with Crippen LogP contribution in [0.25, 0.3) is 17.0 Å². The Kier molecular flexibility index (Phi) is 5.77. The van der Waals surface area contributed by atoms with E-state index < -0.39 is 13.2 Å². The maximum atomic E-state index is 12.4. The second-order valence-corrected chi connectivity index (χ2v) is 6.48.